The minimum Gasteiger partial charge on any atom is -0.368 e. The predicted octanol–water partition coefficient (Wildman–Crippen LogP) is 2.42. The van der Waals surface area contributed by atoms with Crippen LogP contribution in [0.4, 0.5) is 0 Å². The Bertz CT molecular complexity index is 984. The van der Waals surface area contributed by atoms with Crippen molar-refractivity contribution in [1.82, 2.24) is 25.1 Å². The summed E-state index contributed by atoms with van der Waals surface area (Å²) in [7, 11) is 0. The number of carbonyl (C=O) groups is 2. The minimum atomic E-state index is -1.26. The molecule has 1 saturated heterocycles. The highest BCUT2D eigenvalue weighted by molar-refractivity contribution is 5.87. The second-order valence-electron chi connectivity index (χ2n) is 10.2. The number of nitrogens with two attached hydrogens (primary N) is 2. The van der Waals surface area contributed by atoms with Gasteiger partial charge in [0, 0.05) is 12.5 Å². The number of amides is 2. The molecule has 1 aliphatic heterocycles. The maximum absolute atomic E-state index is 14.1. The molecular formula is C25H37N7O2. The Hall–Kier alpha value is -2.81. The molecule has 0 bridgehead atoms. The van der Waals surface area contributed by atoms with Crippen LogP contribution in [0.25, 0.3) is 0 Å². The van der Waals surface area contributed by atoms with Crippen LogP contribution in [0.5, 0.6) is 0 Å². The van der Waals surface area contributed by atoms with Crippen LogP contribution >= 0.6 is 0 Å². The Morgan fingerprint density at radius 2 is 1.82 bits per heavy atom. The fourth-order valence-corrected chi connectivity index (χ4v) is 5.61. The van der Waals surface area contributed by atoms with Crippen LogP contribution in [0.2, 0.25) is 0 Å². The Morgan fingerprint density at radius 3 is 2.50 bits per heavy atom. The standard InChI is InChI=1S/C25H37N7O2/c1-17(25(2,27)24(26)34)21(19-12-7-4-8-13-19)23(33)31-15-9-14-20(31)22-28-30-32(29-22)16-18-10-5-3-6-11-18/h3,5-6,10-11,17,19-21H,4,7-9,12-16,27H2,1-2H3,(H2,26,34)/t17?,20-,21+,25?/m0/s1. The number of hydrogen-bond donors (Lipinski definition) is 2. The molecule has 2 fully saturated rings. The van der Waals surface area contributed by atoms with E-state index in [0.717, 1.165) is 44.1 Å². The number of rotatable bonds is 8. The average Bonchev–Trinajstić information content (AvgIpc) is 3.50. The Labute approximate surface area is 201 Å². The number of hydrogen-bond acceptors (Lipinski definition) is 6. The number of benzene rings is 1. The number of tetrazole rings is 1. The SMILES string of the molecule is CC([C@@H](C(=O)N1CCC[C@H]1c1nnn(Cc2ccccc2)n1)C1CCCCC1)C(C)(N)C(N)=O. The molecule has 184 valence electrons. The average molecular weight is 468 g/mol. The first kappa shape index (κ1) is 24.3. The van der Waals surface area contributed by atoms with Crippen LogP contribution < -0.4 is 11.5 Å². The molecule has 9 heteroatoms. The molecule has 4 atom stereocenters. The fourth-order valence-electron chi connectivity index (χ4n) is 5.61. The van der Waals surface area contributed by atoms with Gasteiger partial charge in [-0.2, -0.15) is 4.80 Å². The summed E-state index contributed by atoms with van der Waals surface area (Å²) in [6.45, 7) is 4.73. The summed E-state index contributed by atoms with van der Waals surface area (Å²) in [6, 6.07) is 9.76. The zero-order valence-electron chi connectivity index (χ0n) is 20.3. The van der Waals surface area contributed by atoms with Crippen molar-refractivity contribution in [2.24, 2.45) is 29.2 Å². The second-order valence-corrected chi connectivity index (χ2v) is 10.2. The van der Waals surface area contributed by atoms with E-state index >= 15 is 0 Å². The third-order valence-electron chi connectivity index (χ3n) is 7.93. The van der Waals surface area contributed by atoms with Gasteiger partial charge in [0.05, 0.1) is 18.1 Å². The molecular weight excluding hydrogens is 430 g/mol. The lowest BCUT2D eigenvalue weighted by Crippen LogP contribution is -2.59. The van der Waals surface area contributed by atoms with E-state index in [1.165, 1.54) is 6.42 Å². The summed E-state index contributed by atoms with van der Waals surface area (Å²) in [4.78, 5) is 29.7. The number of nitrogens with zero attached hydrogens (tertiary/aromatic N) is 5. The van der Waals surface area contributed by atoms with Gasteiger partial charge in [0.1, 0.15) is 0 Å². The third-order valence-corrected chi connectivity index (χ3v) is 7.93. The smallest absolute Gasteiger partial charge is 0.237 e. The van der Waals surface area contributed by atoms with Crippen molar-refractivity contribution in [1.29, 1.82) is 0 Å². The van der Waals surface area contributed by atoms with Gasteiger partial charge >= 0.3 is 0 Å². The molecule has 2 heterocycles. The van der Waals surface area contributed by atoms with E-state index in [1.54, 1.807) is 11.7 Å². The lowest BCUT2D eigenvalue weighted by molar-refractivity contribution is -0.143. The predicted molar refractivity (Wildman–Crippen MR) is 128 cm³/mol. The molecule has 0 spiro atoms. The maximum atomic E-state index is 14.1. The molecule has 2 unspecified atom stereocenters. The van der Waals surface area contributed by atoms with E-state index in [4.69, 9.17) is 11.5 Å². The number of aromatic nitrogens is 4. The van der Waals surface area contributed by atoms with Gasteiger partial charge < -0.3 is 16.4 Å². The van der Waals surface area contributed by atoms with Crippen LogP contribution in [0.1, 0.15) is 76.2 Å². The maximum Gasteiger partial charge on any atom is 0.237 e. The molecule has 2 aliphatic rings. The van der Waals surface area contributed by atoms with Gasteiger partial charge in [-0.3, -0.25) is 9.59 Å². The molecule has 2 amide bonds. The summed E-state index contributed by atoms with van der Waals surface area (Å²) in [5.74, 6) is -0.494. The highest BCUT2D eigenvalue weighted by Gasteiger charge is 2.47. The number of carbonyl (C=O) groups excluding carboxylic acids is 2. The highest BCUT2D eigenvalue weighted by atomic mass is 16.2. The van der Waals surface area contributed by atoms with Crippen molar-refractivity contribution in [3.8, 4) is 0 Å². The molecule has 4 N–H and O–H groups in total. The van der Waals surface area contributed by atoms with E-state index in [1.807, 2.05) is 42.2 Å². The molecule has 9 nitrogen and oxygen atoms in total. The molecule has 1 saturated carbocycles. The van der Waals surface area contributed by atoms with Crippen LogP contribution in [0, 0.1) is 17.8 Å². The fraction of sp³-hybridized carbons (Fsp3) is 0.640. The molecule has 1 aromatic heterocycles. The van der Waals surface area contributed by atoms with Gasteiger partial charge in [-0.25, -0.2) is 0 Å². The van der Waals surface area contributed by atoms with Crippen LogP contribution in [-0.4, -0.2) is 49.0 Å². The van der Waals surface area contributed by atoms with Gasteiger partial charge in [0.2, 0.25) is 11.8 Å². The van der Waals surface area contributed by atoms with E-state index in [2.05, 4.69) is 15.4 Å². The zero-order valence-corrected chi connectivity index (χ0v) is 20.3. The van der Waals surface area contributed by atoms with E-state index in [0.29, 0.717) is 18.9 Å². The molecule has 1 aromatic carbocycles. The van der Waals surface area contributed by atoms with Gasteiger partial charge in [-0.05, 0) is 55.2 Å². The molecule has 2 aromatic rings. The van der Waals surface area contributed by atoms with Gasteiger partial charge in [0.15, 0.2) is 5.82 Å². The van der Waals surface area contributed by atoms with Crippen molar-refractivity contribution >= 4 is 11.8 Å². The first-order chi connectivity index (χ1) is 16.3. The van der Waals surface area contributed by atoms with Crippen molar-refractivity contribution in [3.05, 3.63) is 41.7 Å². The van der Waals surface area contributed by atoms with Gasteiger partial charge in [-0.15, -0.1) is 10.2 Å². The van der Waals surface area contributed by atoms with Crippen molar-refractivity contribution < 1.29 is 9.59 Å². The summed E-state index contributed by atoms with van der Waals surface area (Å²) < 4.78 is 0. The topological polar surface area (TPSA) is 133 Å². The number of likely N-dealkylation sites (tertiary alicyclic amines) is 1. The first-order valence-corrected chi connectivity index (χ1v) is 12.5. The summed E-state index contributed by atoms with van der Waals surface area (Å²) in [5.41, 5.74) is 11.9. The Kier molecular flexibility index (Phi) is 7.30. The quantitative estimate of drug-likeness (QED) is 0.612. The molecule has 0 radical (unpaired) electrons. The van der Waals surface area contributed by atoms with Crippen LogP contribution in [-0.2, 0) is 16.1 Å². The summed E-state index contributed by atoms with van der Waals surface area (Å²) in [6.07, 6.45) is 6.99. The highest BCUT2D eigenvalue weighted by Crippen LogP contribution is 2.41. The normalized spacial score (nSPS) is 22.8. The largest absolute Gasteiger partial charge is 0.368 e. The molecule has 1 aliphatic carbocycles. The minimum absolute atomic E-state index is 0.0410. The lowest BCUT2D eigenvalue weighted by Gasteiger charge is -2.41. The van der Waals surface area contributed by atoms with Crippen molar-refractivity contribution in [3.63, 3.8) is 0 Å². The van der Waals surface area contributed by atoms with Crippen molar-refractivity contribution in [2.45, 2.75) is 76.9 Å². The first-order valence-electron chi connectivity index (χ1n) is 12.5. The Balaban J connectivity index is 1.56. The zero-order chi connectivity index (χ0) is 24.3. The monoisotopic (exact) mass is 467 g/mol. The van der Waals surface area contributed by atoms with Crippen molar-refractivity contribution in [2.75, 3.05) is 6.54 Å². The number of primary amides is 1. The van der Waals surface area contributed by atoms with E-state index in [9.17, 15) is 9.59 Å². The lowest BCUT2D eigenvalue weighted by atomic mass is 9.68. The molecule has 4 rings (SSSR count). The second kappa shape index (κ2) is 10.2. The van der Waals surface area contributed by atoms with Crippen LogP contribution in [0.15, 0.2) is 30.3 Å². The summed E-state index contributed by atoms with van der Waals surface area (Å²) >= 11 is 0. The molecule has 34 heavy (non-hydrogen) atoms. The van der Waals surface area contributed by atoms with E-state index < -0.39 is 11.4 Å². The van der Waals surface area contributed by atoms with E-state index in [-0.39, 0.29) is 29.7 Å². The summed E-state index contributed by atoms with van der Waals surface area (Å²) in [5, 5.41) is 13.2. The van der Waals surface area contributed by atoms with Gasteiger partial charge in [-0.1, -0.05) is 56.5 Å². The van der Waals surface area contributed by atoms with Crippen LogP contribution in [0.3, 0.4) is 0 Å². The third kappa shape index (κ3) is 4.99. The van der Waals surface area contributed by atoms with Gasteiger partial charge in [0.25, 0.3) is 0 Å². The Morgan fingerprint density at radius 1 is 1.12 bits per heavy atom.